The number of aliphatic hydroxyl groups is 1. The van der Waals surface area contributed by atoms with E-state index in [0.717, 1.165) is 12.8 Å². The summed E-state index contributed by atoms with van der Waals surface area (Å²) in [6.07, 6.45) is 1.89. The van der Waals surface area contributed by atoms with Crippen molar-refractivity contribution in [1.29, 1.82) is 0 Å². The minimum Gasteiger partial charge on any atom is -0.392 e. The normalized spacial score (nSPS) is 35.1. The molecule has 3 heteroatoms. The molecule has 0 heterocycles. The van der Waals surface area contributed by atoms with Gasteiger partial charge in [-0.25, -0.2) is 0 Å². The number of hydrogen-bond acceptors (Lipinski definition) is 3. The van der Waals surface area contributed by atoms with Crippen LogP contribution in [0, 0.1) is 0 Å². The highest BCUT2D eigenvalue weighted by Gasteiger charge is 2.24. The molecule has 1 atom stereocenters. The lowest BCUT2D eigenvalue weighted by Crippen LogP contribution is -2.49. The number of hydrogen-bond donors (Lipinski definition) is 3. The van der Waals surface area contributed by atoms with Crippen molar-refractivity contribution >= 4 is 0 Å². The monoisotopic (exact) mass is 144 g/mol. The first-order valence-electron chi connectivity index (χ1n) is 3.85. The van der Waals surface area contributed by atoms with Gasteiger partial charge in [-0.3, -0.25) is 0 Å². The van der Waals surface area contributed by atoms with E-state index in [9.17, 15) is 0 Å². The molecule has 0 aliphatic heterocycles. The Morgan fingerprint density at radius 2 is 2.30 bits per heavy atom. The molecular formula is C7H16N2O. The molecule has 1 saturated carbocycles. The van der Waals surface area contributed by atoms with E-state index < -0.39 is 0 Å². The first kappa shape index (κ1) is 7.98. The third-order valence-corrected chi connectivity index (χ3v) is 1.88. The molecule has 1 rings (SSSR count). The molecule has 0 aromatic rings. The summed E-state index contributed by atoms with van der Waals surface area (Å²) in [7, 11) is 0. The van der Waals surface area contributed by atoms with Crippen molar-refractivity contribution in [3.05, 3.63) is 0 Å². The van der Waals surface area contributed by atoms with Crippen LogP contribution in [0.1, 0.15) is 19.8 Å². The second-order valence-electron chi connectivity index (χ2n) is 3.19. The van der Waals surface area contributed by atoms with Crippen molar-refractivity contribution in [2.24, 2.45) is 5.73 Å². The number of nitrogens with two attached hydrogens (primary N) is 1. The maximum absolute atomic E-state index is 8.89. The van der Waals surface area contributed by atoms with Gasteiger partial charge in [0.15, 0.2) is 0 Å². The van der Waals surface area contributed by atoms with Crippen molar-refractivity contribution < 1.29 is 5.11 Å². The zero-order chi connectivity index (χ0) is 7.56. The van der Waals surface area contributed by atoms with E-state index in [-0.39, 0.29) is 6.10 Å². The highest BCUT2D eigenvalue weighted by atomic mass is 16.3. The van der Waals surface area contributed by atoms with Gasteiger partial charge in [0.1, 0.15) is 0 Å². The Labute approximate surface area is 61.6 Å². The van der Waals surface area contributed by atoms with E-state index >= 15 is 0 Å². The fourth-order valence-corrected chi connectivity index (χ4v) is 1.17. The molecule has 1 fully saturated rings. The summed E-state index contributed by atoms with van der Waals surface area (Å²) in [5.41, 5.74) is 5.57. The lowest BCUT2D eigenvalue weighted by molar-refractivity contribution is 0.172. The van der Waals surface area contributed by atoms with Crippen molar-refractivity contribution in [3.8, 4) is 0 Å². The van der Waals surface area contributed by atoms with Gasteiger partial charge in [-0.15, -0.1) is 0 Å². The molecule has 0 bridgehead atoms. The van der Waals surface area contributed by atoms with Crippen LogP contribution in [0.5, 0.6) is 0 Å². The Bertz CT molecular complexity index is 99.8. The molecule has 0 saturated heterocycles. The van der Waals surface area contributed by atoms with Gasteiger partial charge in [0.25, 0.3) is 0 Å². The van der Waals surface area contributed by atoms with E-state index in [1.54, 1.807) is 6.92 Å². The van der Waals surface area contributed by atoms with Crippen LogP contribution >= 0.6 is 0 Å². The predicted octanol–water partition coefficient (Wildman–Crippen LogP) is -0.553. The minimum absolute atomic E-state index is 0.239. The van der Waals surface area contributed by atoms with Crippen LogP contribution in [0.2, 0.25) is 0 Å². The molecule has 1 aliphatic rings. The lowest BCUT2D eigenvalue weighted by Gasteiger charge is -2.33. The molecule has 0 aromatic carbocycles. The fraction of sp³-hybridized carbons (Fsp3) is 1.00. The second kappa shape index (κ2) is 3.32. The molecule has 0 radical (unpaired) electrons. The number of nitrogens with one attached hydrogen (secondary N) is 1. The van der Waals surface area contributed by atoms with E-state index in [1.807, 2.05) is 0 Å². The van der Waals surface area contributed by atoms with Gasteiger partial charge in [0.05, 0.1) is 6.10 Å². The molecular weight excluding hydrogens is 128 g/mol. The van der Waals surface area contributed by atoms with Gasteiger partial charge < -0.3 is 16.2 Å². The van der Waals surface area contributed by atoms with E-state index in [1.165, 1.54) is 0 Å². The molecule has 60 valence electrons. The average Bonchev–Trinajstić information content (AvgIpc) is 1.77. The maximum Gasteiger partial charge on any atom is 0.0636 e. The maximum atomic E-state index is 8.89. The summed E-state index contributed by atoms with van der Waals surface area (Å²) < 4.78 is 0. The van der Waals surface area contributed by atoms with E-state index in [0.29, 0.717) is 18.6 Å². The molecule has 4 N–H and O–H groups in total. The summed E-state index contributed by atoms with van der Waals surface area (Å²) in [5.74, 6) is 0. The third-order valence-electron chi connectivity index (χ3n) is 1.88. The molecule has 0 aromatic heterocycles. The van der Waals surface area contributed by atoms with Crippen LogP contribution in [0.4, 0.5) is 0 Å². The quantitative estimate of drug-likeness (QED) is 0.498. The predicted molar refractivity (Wildman–Crippen MR) is 40.7 cm³/mol. The van der Waals surface area contributed by atoms with Crippen LogP contribution in [0.15, 0.2) is 0 Å². The Morgan fingerprint density at radius 3 is 2.70 bits per heavy atom. The average molecular weight is 144 g/mol. The molecule has 10 heavy (non-hydrogen) atoms. The zero-order valence-corrected chi connectivity index (χ0v) is 6.38. The van der Waals surface area contributed by atoms with E-state index in [4.69, 9.17) is 10.8 Å². The molecule has 0 amide bonds. The van der Waals surface area contributed by atoms with Gasteiger partial charge in [0, 0.05) is 18.6 Å². The molecule has 3 nitrogen and oxygen atoms in total. The van der Waals surface area contributed by atoms with Crippen molar-refractivity contribution in [1.82, 2.24) is 5.32 Å². The topological polar surface area (TPSA) is 58.3 Å². The first-order chi connectivity index (χ1) is 4.68. The largest absolute Gasteiger partial charge is 0.392 e. The van der Waals surface area contributed by atoms with Crippen LogP contribution in [0.25, 0.3) is 0 Å². The fourth-order valence-electron chi connectivity index (χ4n) is 1.17. The summed E-state index contributed by atoms with van der Waals surface area (Å²) in [6, 6.07) is 0.955. The second-order valence-corrected chi connectivity index (χ2v) is 3.19. The van der Waals surface area contributed by atoms with Gasteiger partial charge >= 0.3 is 0 Å². The smallest absolute Gasteiger partial charge is 0.0636 e. The van der Waals surface area contributed by atoms with Crippen LogP contribution in [0.3, 0.4) is 0 Å². The van der Waals surface area contributed by atoms with Crippen molar-refractivity contribution in [3.63, 3.8) is 0 Å². The zero-order valence-electron chi connectivity index (χ0n) is 6.38. The standard InChI is InChI=1S/C7H16N2O/c1-5(10)4-9-7-2-6(8)3-7/h5-7,9-10H,2-4,8H2,1H3/t5-,6?,7?/m1/s1. The Balaban J connectivity index is 1.95. The number of rotatable bonds is 3. The Hall–Kier alpha value is -0.120. The van der Waals surface area contributed by atoms with Gasteiger partial charge in [-0.1, -0.05) is 0 Å². The Morgan fingerprint density at radius 1 is 1.70 bits per heavy atom. The third kappa shape index (κ3) is 2.25. The molecule has 0 spiro atoms. The van der Waals surface area contributed by atoms with Crippen molar-refractivity contribution in [2.45, 2.75) is 38.0 Å². The summed E-state index contributed by atoms with van der Waals surface area (Å²) in [6.45, 7) is 2.48. The van der Waals surface area contributed by atoms with Crippen LogP contribution < -0.4 is 11.1 Å². The summed E-state index contributed by atoms with van der Waals surface area (Å²) in [4.78, 5) is 0. The van der Waals surface area contributed by atoms with Gasteiger partial charge in [-0.2, -0.15) is 0 Å². The summed E-state index contributed by atoms with van der Waals surface area (Å²) in [5, 5.41) is 12.1. The number of aliphatic hydroxyl groups excluding tert-OH is 1. The van der Waals surface area contributed by atoms with Gasteiger partial charge in [-0.05, 0) is 19.8 Å². The molecule has 0 unspecified atom stereocenters. The summed E-state index contributed by atoms with van der Waals surface area (Å²) >= 11 is 0. The highest BCUT2D eigenvalue weighted by Crippen LogP contribution is 2.16. The first-order valence-corrected chi connectivity index (χ1v) is 3.85. The lowest BCUT2D eigenvalue weighted by atomic mass is 9.87. The highest BCUT2D eigenvalue weighted by molar-refractivity contribution is 4.87. The SMILES string of the molecule is C[C@@H](O)CNC1CC(N)C1. The minimum atomic E-state index is -0.239. The Kier molecular flexibility index (Phi) is 2.65. The van der Waals surface area contributed by atoms with E-state index in [2.05, 4.69) is 5.32 Å². The van der Waals surface area contributed by atoms with Crippen LogP contribution in [-0.4, -0.2) is 29.8 Å². The molecule has 1 aliphatic carbocycles. The van der Waals surface area contributed by atoms with Crippen LogP contribution in [-0.2, 0) is 0 Å². The van der Waals surface area contributed by atoms with Crippen molar-refractivity contribution in [2.75, 3.05) is 6.54 Å². The van der Waals surface area contributed by atoms with Gasteiger partial charge in [0.2, 0.25) is 0 Å².